The van der Waals surface area contributed by atoms with Gasteiger partial charge in [-0.1, -0.05) is 17.7 Å². The molecule has 2 aromatic heterocycles. The molecule has 3 heterocycles. The molecule has 4 rings (SSSR count). The number of ether oxygens (including phenoxy) is 1. The van der Waals surface area contributed by atoms with Gasteiger partial charge in [0.15, 0.2) is 5.76 Å². The summed E-state index contributed by atoms with van der Waals surface area (Å²) in [6, 6.07) is 10.3. The number of fused-ring (bicyclic) bond motifs is 1. The van der Waals surface area contributed by atoms with E-state index in [1.54, 1.807) is 11.3 Å². The van der Waals surface area contributed by atoms with Crippen LogP contribution in [-0.2, 0) is 4.74 Å². The van der Waals surface area contributed by atoms with Crippen LogP contribution in [0.3, 0.4) is 0 Å². The monoisotopic (exact) mass is 384 g/mol. The van der Waals surface area contributed by atoms with Crippen molar-refractivity contribution in [3.8, 4) is 0 Å². The Hall–Kier alpha value is -2.15. The van der Waals surface area contributed by atoms with Gasteiger partial charge < -0.3 is 14.5 Å². The van der Waals surface area contributed by atoms with Crippen LogP contribution in [-0.4, -0.2) is 43.7 Å². The van der Waals surface area contributed by atoms with Crippen LogP contribution in [0, 0.1) is 13.8 Å². The Morgan fingerprint density at radius 2 is 2.07 bits per heavy atom. The lowest BCUT2D eigenvalue weighted by Crippen LogP contribution is -2.43. The van der Waals surface area contributed by atoms with Gasteiger partial charge in [-0.3, -0.25) is 9.69 Å². The summed E-state index contributed by atoms with van der Waals surface area (Å²) in [5, 5.41) is 6.18. The molecule has 1 aliphatic heterocycles. The van der Waals surface area contributed by atoms with Crippen LogP contribution in [0.25, 0.3) is 11.0 Å². The van der Waals surface area contributed by atoms with Gasteiger partial charge in [0, 0.05) is 35.5 Å². The second-order valence-electron chi connectivity index (χ2n) is 6.95. The Labute approximate surface area is 162 Å². The van der Waals surface area contributed by atoms with Crippen LogP contribution in [0.2, 0.25) is 0 Å². The molecule has 0 radical (unpaired) electrons. The summed E-state index contributed by atoms with van der Waals surface area (Å²) in [5.41, 5.74) is 2.81. The summed E-state index contributed by atoms with van der Waals surface area (Å²) >= 11 is 1.72. The summed E-state index contributed by atoms with van der Waals surface area (Å²) in [6.07, 6.45) is 0. The molecule has 27 heavy (non-hydrogen) atoms. The fourth-order valence-corrected chi connectivity index (χ4v) is 4.46. The number of aryl methyl sites for hydroxylation is 2. The standard InChI is InChI=1S/C21H24N2O3S/c1-14-5-6-18-16(12-14)15(2)20(26-18)21(24)22-13-17(19-4-3-11-27-19)23-7-9-25-10-8-23/h3-6,11-12,17H,7-10,13H2,1-2H3,(H,22,24)/t17-/m1/s1. The molecule has 0 aliphatic carbocycles. The van der Waals surface area contributed by atoms with Crippen LogP contribution < -0.4 is 5.32 Å². The normalized spacial score (nSPS) is 16.5. The third-order valence-corrected chi connectivity index (χ3v) is 6.09. The molecule has 1 amide bonds. The molecule has 1 fully saturated rings. The minimum Gasteiger partial charge on any atom is -0.451 e. The SMILES string of the molecule is Cc1ccc2oc(C(=O)NC[C@H](c3cccs3)N3CCOCC3)c(C)c2c1. The summed E-state index contributed by atoms with van der Waals surface area (Å²) in [6.45, 7) is 7.76. The first-order valence-corrected chi connectivity index (χ1v) is 10.1. The van der Waals surface area contributed by atoms with Gasteiger partial charge >= 0.3 is 0 Å². The minimum atomic E-state index is -0.156. The van der Waals surface area contributed by atoms with E-state index in [-0.39, 0.29) is 11.9 Å². The van der Waals surface area contributed by atoms with Gasteiger partial charge in [-0.15, -0.1) is 11.3 Å². The Kier molecular flexibility index (Phi) is 5.29. The lowest BCUT2D eigenvalue weighted by molar-refractivity contribution is 0.0168. The van der Waals surface area contributed by atoms with Crippen molar-refractivity contribution in [2.45, 2.75) is 19.9 Å². The van der Waals surface area contributed by atoms with Crippen LogP contribution in [0.5, 0.6) is 0 Å². The third kappa shape index (κ3) is 3.78. The summed E-state index contributed by atoms with van der Waals surface area (Å²) in [7, 11) is 0. The number of amides is 1. The van der Waals surface area contributed by atoms with Gasteiger partial charge in [0.05, 0.1) is 19.3 Å². The second kappa shape index (κ2) is 7.84. The van der Waals surface area contributed by atoms with E-state index in [4.69, 9.17) is 9.15 Å². The van der Waals surface area contributed by atoms with Crippen molar-refractivity contribution in [2.24, 2.45) is 0 Å². The minimum absolute atomic E-state index is 0.156. The highest BCUT2D eigenvalue weighted by Crippen LogP contribution is 2.28. The number of rotatable bonds is 5. The first-order chi connectivity index (χ1) is 13.1. The maximum absolute atomic E-state index is 12.8. The smallest absolute Gasteiger partial charge is 0.287 e. The summed E-state index contributed by atoms with van der Waals surface area (Å²) in [4.78, 5) is 16.5. The Bertz CT molecular complexity index is 926. The van der Waals surface area contributed by atoms with Crippen LogP contribution >= 0.6 is 11.3 Å². The molecule has 0 bridgehead atoms. The zero-order valence-corrected chi connectivity index (χ0v) is 16.5. The highest BCUT2D eigenvalue weighted by atomic mass is 32.1. The predicted octanol–water partition coefficient (Wildman–Crippen LogP) is 3.91. The molecule has 6 heteroatoms. The van der Waals surface area contributed by atoms with Gasteiger partial charge in [-0.05, 0) is 37.4 Å². The molecular weight excluding hydrogens is 360 g/mol. The first-order valence-electron chi connectivity index (χ1n) is 9.26. The topological polar surface area (TPSA) is 54.7 Å². The van der Waals surface area contributed by atoms with Crippen LogP contribution in [0.1, 0.15) is 32.6 Å². The number of carbonyl (C=O) groups excluding carboxylic acids is 1. The van der Waals surface area contributed by atoms with Crippen molar-refractivity contribution in [1.29, 1.82) is 0 Å². The van der Waals surface area contributed by atoms with Gasteiger partial charge in [-0.25, -0.2) is 0 Å². The van der Waals surface area contributed by atoms with Gasteiger partial charge in [0.1, 0.15) is 5.58 Å². The van der Waals surface area contributed by atoms with Crippen LogP contribution in [0.15, 0.2) is 40.1 Å². The lowest BCUT2D eigenvalue weighted by Gasteiger charge is -2.34. The van der Waals surface area contributed by atoms with E-state index >= 15 is 0 Å². The molecule has 1 N–H and O–H groups in total. The van der Waals surface area contributed by atoms with E-state index in [9.17, 15) is 4.79 Å². The number of thiophene rings is 1. The van der Waals surface area contributed by atoms with Gasteiger partial charge in [0.25, 0.3) is 5.91 Å². The Morgan fingerprint density at radius 1 is 1.26 bits per heavy atom. The van der Waals surface area contributed by atoms with Gasteiger partial charge in [0.2, 0.25) is 0 Å². The number of hydrogen-bond acceptors (Lipinski definition) is 5. The fourth-order valence-electron chi connectivity index (χ4n) is 3.60. The van der Waals surface area contributed by atoms with E-state index in [1.807, 2.05) is 26.0 Å². The maximum atomic E-state index is 12.8. The number of furan rings is 1. The van der Waals surface area contributed by atoms with Crippen molar-refractivity contribution >= 4 is 28.2 Å². The van der Waals surface area contributed by atoms with E-state index in [0.717, 1.165) is 48.4 Å². The Balaban J connectivity index is 1.52. The number of hydrogen-bond donors (Lipinski definition) is 1. The molecular formula is C21H24N2O3S. The van der Waals surface area contributed by atoms with E-state index < -0.39 is 0 Å². The quantitative estimate of drug-likeness (QED) is 0.725. The van der Waals surface area contributed by atoms with Crippen molar-refractivity contribution in [1.82, 2.24) is 10.2 Å². The van der Waals surface area contributed by atoms with E-state index in [0.29, 0.717) is 12.3 Å². The van der Waals surface area contributed by atoms with E-state index in [1.165, 1.54) is 4.88 Å². The Morgan fingerprint density at radius 3 is 2.81 bits per heavy atom. The van der Waals surface area contributed by atoms with Crippen LogP contribution in [0.4, 0.5) is 0 Å². The number of nitrogens with zero attached hydrogens (tertiary/aromatic N) is 1. The highest BCUT2D eigenvalue weighted by molar-refractivity contribution is 7.10. The average molecular weight is 385 g/mol. The van der Waals surface area contributed by atoms with Gasteiger partial charge in [-0.2, -0.15) is 0 Å². The number of benzene rings is 1. The predicted molar refractivity (Wildman–Crippen MR) is 107 cm³/mol. The number of nitrogens with one attached hydrogen (secondary N) is 1. The van der Waals surface area contributed by atoms with Crippen molar-refractivity contribution in [3.05, 3.63) is 57.5 Å². The molecule has 3 aromatic rings. The van der Waals surface area contributed by atoms with E-state index in [2.05, 4.69) is 33.8 Å². The molecule has 1 atom stereocenters. The summed E-state index contributed by atoms with van der Waals surface area (Å²) < 4.78 is 11.3. The molecule has 142 valence electrons. The third-order valence-electron chi connectivity index (χ3n) is 5.11. The second-order valence-corrected chi connectivity index (χ2v) is 7.92. The molecule has 0 spiro atoms. The molecule has 1 aliphatic rings. The van der Waals surface area contributed by atoms with Crippen molar-refractivity contribution in [2.75, 3.05) is 32.8 Å². The number of morpholine rings is 1. The largest absolute Gasteiger partial charge is 0.451 e. The maximum Gasteiger partial charge on any atom is 0.287 e. The molecule has 1 saturated heterocycles. The highest BCUT2D eigenvalue weighted by Gasteiger charge is 2.25. The van der Waals surface area contributed by atoms with Crippen molar-refractivity contribution < 1.29 is 13.9 Å². The first kappa shape index (κ1) is 18.2. The zero-order valence-electron chi connectivity index (χ0n) is 15.7. The number of carbonyl (C=O) groups is 1. The fraction of sp³-hybridized carbons (Fsp3) is 0.381. The molecule has 5 nitrogen and oxygen atoms in total. The zero-order chi connectivity index (χ0) is 18.8. The van der Waals surface area contributed by atoms with Crippen molar-refractivity contribution in [3.63, 3.8) is 0 Å². The molecule has 0 saturated carbocycles. The summed E-state index contributed by atoms with van der Waals surface area (Å²) in [5.74, 6) is 0.249. The molecule has 1 aromatic carbocycles. The lowest BCUT2D eigenvalue weighted by atomic mass is 10.1. The molecule has 0 unspecified atom stereocenters. The average Bonchev–Trinajstić information content (AvgIpc) is 3.32.